The molecule has 0 atom stereocenters. The molecule has 7 nitrogen and oxygen atoms in total. The first-order valence-corrected chi connectivity index (χ1v) is 4.19. The lowest BCUT2D eigenvalue weighted by molar-refractivity contribution is -0.384. The number of halogens is 2. The van der Waals surface area contributed by atoms with E-state index in [4.69, 9.17) is 5.73 Å². The van der Waals surface area contributed by atoms with Crippen molar-refractivity contribution in [3.8, 4) is 0 Å². The predicted molar refractivity (Wildman–Crippen MR) is 51.6 cm³/mol. The smallest absolute Gasteiger partial charge is 0.342 e. The minimum absolute atomic E-state index is 0.573. The maximum Gasteiger partial charge on any atom is 0.342 e. The zero-order chi connectivity index (χ0) is 13.2. The lowest BCUT2D eigenvalue weighted by Gasteiger charge is -2.08. The van der Waals surface area contributed by atoms with Gasteiger partial charge in [-0.3, -0.25) is 10.1 Å². The number of nitrogens with zero attached hydrogens (tertiary/aromatic N) is 2. The molecule has 0 saturated carbocycles. The van der Waals surface area contributed by atoms with Gasteiger partial charge in [0.15, 0.2) is 0 Å². The van der Waals surface area contributed by atoms with E-state index in [1.807, 2.05) is 0 Å². The number of anilines is 1. The molecule has 0 amide bonds. The molecule has 0 unspecified atom stereocenters. The molecule has 0 aliphatic carbocycles. The normalized spacial score (nSPS) is 10.4. The Labute approximate surface area is 93.3 Å². The fourth-order valence-corrected chi connectivity index (χ4v) is 1.16. The fraction of sp³-hybridized carbons (Fsp3) is 0.250. The number of hydrogen-bond acceptors (Lipinski definition) is 6. The summed E-state index contributed by atoms with van der Waals surface area (Å²) in [5.74, 6) is -1.20. The summed E-state index contributed by atoms with van der Waals surface area (Å²) in [6.45, 7) is 0. The topological polar surface area (TPSA) is 108 Å². The highest BCUT2D eigenvalue weighted by atomic mass is 19.3. The van der Waals surface area contributed by atoms with E-state index in [0.29, 0.717) is 6.20 Å². The van der Waals surface area contributed by atoms with Crippen molar-refractivity contribution in [2.45, 2.75) is 6.43 Å². The van der Waals surface area contributed by atoms with Crippen molar-refractivity contribution in [1.82, 2.24) is 4.98 Å². The number of aromatic nitrogens is 1. The van der Waals surface area contributed by atoms with E-state index in [1.165, 1.54) is 0 Å². The van der Waals surface area contributed by atoms with Crippen LogP contribution in [0.4, 0.5) is 20.2 Å². The second-order valence-electron chi connectivity index (χ2n) is 2.87. The lowest BCUT2D eigenvalue weighted by Crippen LogP contribution is -2.13. The van der Waals surface area contributed by atoms with Gasteiger partial charge in [-0.1, -0.05) is 0 Å². The molecular weight excluding hydrogens is 240 g/mol. The van der Waals surface area contributed by atoms with Gasteiger partial charge >= 0.3 is 11.7 Å². The summed E-state index contributed by atoms with van der Waals surface area (Å²) in [6.07, 6.45) is -2.52. The van der Waals surface area contributed by atoms with Gasteiger partial charge in [0.2, 0.25) is 0 Å². The summed E-state index contributed by atoms with van der Waals surface area (Å²) < 4.78 is 29.3. The van der Waals surface area contributed by atoms with Crippen LogP contribution < -0.4 is 5.73 Å². The molecule has 0 saturated heterocycles. The molecule has 17 heavy (non-hydrogen) atoms. The number of rotatable bonds is 3. The van der Waals surface area contributed by atoms with Crippen molar-refractivity contribution in [2.75, 3.05) is 12.8 Å². The first kappa shape index (κ1) is 12.7. The third-order valence-electron chi connectivity index (χ3n) is 1.92. The Morgan fingerprint density at radius 3 is 2.65 bits per heavy atom. The van der Waals surface area contributed by atoms with E-state index in [0.717, 1.165) is 7.11 Å². The maximum absolute atomic E-state index is 12.5. The molecule has 0 fully saturated rings. The Hall–Kier alpha value is -2.32. The number of nitrogen functional groups attached to an aromatic ring is 1. The summed E-state index contributed by atoms with van der Waals surface area (Å²) in [7, 11) is 0.940. The summed E-state index contributed by atoms with van der Waals surface area (Å²) in [5.41, 5.74) is 2.14. The number of carbonyl (C=O) groups excluding carboxylic acids is 1. The van der Waals surface area contributed by atoms with Gasteiger partial charge in [-0.15, -0.1) is 0 Å². The van der Waals surface area contributed by atoms with Crippen LogP contribution in [0.15, 0.2) is 6.20 Å². The molecule has 0 radical (unpaired) electrons. The first-order valence-electron chi connectivity index (χ1n) is 4.19. The summed E-state index contributed by atoms with van der Waals surface area (Å²) in [5, 5.41) is 10.5. The number of nitrogens with two attached hydrogens (primary N) is 1. The largest absolute Gasteiger partial charge is 0.465 e. The van der Waals surface area contributed by atoms with Gasteiger partial charge in [0.1, 0.15) is 23.1 Å². The fourth-order valence-electron chi connectivity index (χ4n) is 1.16. The van der Waals surface area contributed by atoms with Crippen LogP contribution in [0.1, 0.15) is 22.5 Å². The van der Waals surface area contributed by atoms with Crippen LogP contribution in [0.3, 0.4) is 0 Å². The van der Waals surface area contributed by atoms with E-state index in [-0.39, 0.29) is 0 Å². The van der Waals surface area contributed by atoms with E-state index >= 15 is 0 Å². The first-order chi connectivity index (χ1) is 7.90. The molecule has 0 aromatic carbocycles. The molecule has 1 aromatic rings. The molecular formula is C8H7F2N3O4. The standard InChI is InChI=1S/C8H7F2N3O4/c1-17-8(14)4-5(11)3(13(15)16)2-12-6(4)7(9)10/h2,7H,1H3,(H2,11,12). The van der Waals surface area contributed by atoms with Crippen LogP contribution in [0.25, 0.3) is 0 Å². The number of methoxy groups -OCH3 is 1. The Morgan fingerprint density at radius 2 is 2.24 bits per heavy atom. The second kappa shape index (κ2) is 4.68. The van der Waals surface area contributed by atoms with Crippen molar-refractivity contribution in [2.24, 2.45) is 0 Å². The Morgan fingerprint density at radius 1 is 1.65 bits per heavy atom. The maximum atomic E-state index is 12.5. The summed E-state index contributed by atoms with van der Waals surface area (Å²) >= 11 is 0. The predicted octanol–water partition coefficient (Wildman–Crippen LogP) is 1.30. The molecule has 0 bridgehead atoms. The quantitative estimate of drug-likeness (QED) is 0.489. The zero-order valence-corrected chi connectivity index (χ0v) is 8.52. The van der Waals surface area contributed by atoms with Crippen LogP contribution in [0.5, 0.6) is 0 Å². The van der Waals surface area contributed by atoms with Gasteiger partial charge < -0.3 is 10.5 Å². The number of hydrogen-bond donors (Lipinski definition) is 1. The highest BCUT2D eigenvalue weighted by Gasteiger charge is 2.29. The third-order valence-corrected chi connectivity index (χ3v) is 1.92. The SMILES string of the molecule is COC(=O)c1c(C(F)F)ncc([N+](=O)[O-])c1N. The Balaban J connectivity index is 3.53. The highest BCUT2D eigenvalue weighted by Crippen LogP contribution is 2.31. The number of ether oxygens (including phenoxy) is 1. The van der Waals surface area contributed by atoms with Gasteiger partial charge in [-0.05, 0) is 0 Å². The van der Waals surface area contributed by atoms with E-state index in [9.17, 15) is 23.7 Å². The average Bonchev–Trinajstić information content (AvgIpc) is 2.26. The number of pyridine rings is 1. The Kier molecular flexibility index (Phi) is 3.51. The molecule has 0 spiro atoms. The van der Waals surface area contributed by atoms with E-state index in [2.05, 4.69) is 9.72 Å². The molecule has 0 aliphatic heterocycles. The van der Waals surface area contributed by atoms with Crippen LogP contribution in [0, 0.1) is 10.1 Å². The third kappa shape index (κ3) is 2.27. The Bertz CT molecular complexity index is 478. The lowest BCUT2D eigenvalue weighted by atomic mass is 10.1. The second-order valence-corrected chi connectivity index (χ2v) is 2.87. The molecule has 1 aromatic heterocycles. The number of alkyl halides is 2. The van der Waals surface area contributed by atoms with Gasteiger partial charge in [0.05, 0.1) is 12.0 Å². The molecule has 92 valence electrons. The number of carbonyl (C=O) groups is 1. The molecule has 9 heteroatoms. The number of nitro groups is 1. The monoisotopic (exact) mass is 247 g/mol. The van der Waals surface area contributed by atoms with Crippen molar-refractivity contribution in [1.29, 1.82) is 0 Å². The molecule has 2 N–H and O–H groups in total. The van der Waals surface area contributed by atoms with E-state index < -0.39 is 40.0 Å². The van der Waals surface area contributed by atoms with Crippen molar-refractivity contribution >= 4 is 17.3 Å². The van der Waals surface area contributed by atoms with Gasteiger partial charge in [-0.2, -0.15) is 0 Å². The van der Waals surface area contributed by atoms with Gasteiger partial charge in [-0.25, -0.2) is 18.6 Å². The molecule has 0 aliphatic rings. The van der Waals surface area contributed by atoms with Gasteiger partial charge in [0, 0.05) is 0 Å². The van der Waals surface area contributed by atoms with Crippen LogP contribution in [-0.2, 0) is 4.74 Å². The van der Waals surface area contributed by atoms with Crippen LogP contribution in [-0.4, -0.2) is 23.0 Å². The van der Waals surface area contributed by atoms with Gasteiger partial charge in [0.25, 0.3) is 6.43 Å². The number of esters is 1. The highest BCUT2D eigenvalue weighted by molar-refractivity contribution is 5.98. The van der Waals surface area contributed by atoms with E-state index in [1.54, 1.807) is 0 Å². The molecule has 1 rings (SSSR count). The minimum Gasteiger partial charge on any atom is -0.465 e. The minimum atomic E-state index is -3.09. The summed E-state index contributed by atoms with van der Waals surface area (Å²) in [4.78, 5) is 24.0. The van der Waals surface area contributed by atoms with Crippen molar-refractivity contribution in [3.05, 3.63) is 27.6 Å². The zero-order valence-electron chi connectivity index (χ0n) is 8.52. The molecule has 1 heterocycles. The van der Waals surface area contributed by atoms with Crippen molar-refractivity contribution < 1.29 is 23.2 Å². The summed E-state index contributed by atoms with van der Waals surface area (Å²) in [6, 6.07) is 0. The van der Waals surface area contributed by atoms with Crippen LogP contribution >= 0.6 is 0 Å². The van der Waals surface area contributed by atoms with Crippen molar-refractivity contribution in [3.63, 3.8) is 0 Å². The van der Waals surface area contributed by atoms with Crippen LogP contribution in [0.2, 0.25) is 0 Å². The average molecular weight is 247 g/mol.